The standard InChI is InChI=1S/C16H9Cl2NO2/c17-13-4-2-1-3-11(13)15-12-7-9(16(20)21)5-6-10(12)14(18)8-19-15/h1-8H,(H,20,21). The number of benzene rings is 2. The molecule has 0 saturated heterocycles. The summed E-state index contributed by atoms with van der Waals surface area (Å²) in [5.41, 5.74) is 1.53. The number of aromatic nitrogens is 1. The second-order valence-corrected chi connectivity index (χ2v) is 5.31. The predicted molar refractivity (Wildman–Crippen MR) is 84.2 cm³/mol. The van der Waals surface area contributed by atoms with Crippen molar-refractivity contribution in [1.82, 2.24) is 4.98 Å². The summed E-state index contributed by atoms with van der Waals surface area (Å²) < 4.78 is 0. The molecule has 104 valence electrons. The molecule has 0 aliphatic heterocycles. The second-order valence-electron chi connectivity index (χ2n) is 4.50. The van der Waals surface area contributed by atoms with Crippen molar-refractivity contribution in [3.05, 3.63) is 64.3 Å². The van der Waals surface area contributed by atoms with Gasteiger partial charge < -0.3 is 5.11 Å². The van der Waals surface area contributed by atoms with Crippen molar-refractivity contribution < 1.29 is 9.90 Å². The van der Waals surface area contributed by atoms with Gasteiger partial charge in [-0.2, -0.15) is 0 Å². The highest BCUT2D eigenvalue weighted by Gasteiger charge is 2.13. The fourth-order valence-corrected chi connectivity index (χ4v) is 2.65. The number of hydrogen-bond acceptors (Lipinski definition) is 2. The maximum atomic E-state index is 11.2. The van der Waals surface area contributed by atoms with Gasteiger partial charge in [0.15, 0.2) is 0 Å². The van der Waals surface area contributed by atoms with Crippen molar-refractivity contribution in [1.29, 1.82) is 0 Å². The van der Waals surface area contributed by atoms with Crippen LogP contribution in [0, 0.1) is 0 Å². The van der Waals surface area contributed by atoms with Crippen LogP contribution >= 0.6 is 23.2 Å². The van der Waals surface area contributed by atoms with E-state index in [9.17, 15) is 4.79 Å². The minimum Gasteiger partial charge on any atom is -0.478 e. The number of halogens is 2. The van der Waals surface area contributed by atoms with Crippen molar-refractivity contribution in [2.75, 3.05) is 0 Å². The summed E-state index contributed by atoms with van der Waals surface area (Å²) in [5.74, 6) is -0.998. The molecule has 3 nitrogen and oxygen atoms in total. The van der Waals surface area contributed by atoms with E-state index in [1.165, 1.54) is 6.07 Å². The zero-order chi connectivity index (χ0) is 15.0. The molecule has 0 bridgehead atoms. The SMILES string of the molecule is O=C(O)c1ccc2c(Cl)cnc(-c3ccccc3Cl)c2c1. The van der Waals surface area contributed by atoms with Gasteiger partial charge in [-0.3, -0.25) is 4.98 Å². The van der Waals surface area contributed by atoms with E-state index >= 15 is 0 Å². The summed E-state index contributed by atoms with van der Waals surface area (Å²) in [5, 5.41) is 11.6. The molecular weight excluding hydrogens is 309 g/mol. The van der Waals surface area contributed by atoms with E-state index in [0.717, 1.165) is 10.9 Å². The van der Waals surface area contributed by atoms with Crippen LogP contribution in [0.2, 0.25) is 10.0 Å². The maximum absolute atomic E-state index is 11.2. The summed E-state index contributed by atoms with van der Waals surface area (Å²) in [4.78, 5) is 15.5. The minimum absolute atomic E-state index is 0.180. The molecule has 0 aliphatic rings. The Morgan fingerprint density at radius 1 is 1.00 bits per heavy atom. The number of carboxylic acids is 1. The van der Waals surface area contributed by atoms with Gasteiger partial charge in [-0.05, 0) is 18.2 Å². The topological polar surface area (TPSA) is 50.2 Å². The van der Waals surface area contributed by atoms with Crippen LogP contribution in [0.25, 0.3) is 22.0 Å². The highest BCUT2D eigenvalue weighted by molar-refractivity contribution is 6.36. The first-order valence-electron chi connectivity index (χ1n) is 6.14. The molecule has 0 amide bonds. The lowest BCUT2D eigenvalue weighted by Gasteiger charge is -2.09. The normalized spacial score (nSPS) is 10.8. The average Bonchev–Trinajstić information content (AvgIpc) is 2.48. The first kappa shape index (κ1) is 13.9. The van der Waals surface area contributed by atoms with E-state index in [0.29, 0.717) is 21.1 Å². The summed E-state index contributed by atoms with van der Waals surface area (Å²) in [6, 6.07) is 12.0. The number of pyridine rings is 1. The number of carbonyl (C=O) groups is 1. The van der Waals surface area contributed by atoms with Crippen LogP contribution in [0.3, 0.4) is 0 Å². The Morgan fingerprint density at radius 3 is 2.48 bits per heavy atom. The van der Waals surface area contributed by atoms with Crippen molar-refractivity contribution in [2.45, 2.75) is 0 Å². The van der Waals surface area contributed by atoms with Gasteiger partial charge in [0.2, 0.25) is 0 Å². The molecule has 0 spiro atoms. The molecule has 1 aromatic heterocycles. The Hall–Kier alpha value is -2.10. The van der Waals surface area contributed by atoms with Gasteiger partial charge in [0.25, 0.3) is 0 Å². The number of fused-ring (bicyclic) bond motifs is 1. The van der Waals surface area contributed by atoms with E-state index in [1.807, 2.05) is 18.2 Å². The smallest absolute Gasteiger partial charge is 0.335 e. The summed E-state index contributed by atoms with van der Waals surface area (Å²) in [6.07, 6.45) is 1.54. The van der Waals surface area contributed by atoms with E-state index < -0.39 is 5.97 Å². The van der Waals surface area contributed by atoms with Gasteiger partial charge in [0.05, 0.1) is 16.3 Å². The Bertz CT molecular complexity index is 862. The minimum atomic E-state index is -0.998. The first-order valence-corrected chi connectivity index (χ1v) is 6.90. The van der Waals surface area contributed by atoms with Crippen LogP contribution in [0.1, 0.15) is 10.4 Å². The Balaban J connectivity index is 2.38. The van der Waals surface area contributed by atoms with E-state index in [2.05, 4.69) is 4.98 Å². The van der Waals surface area contributed by atoms with Gasteiger partial charge in [-0.15, -0.1) is 0 Å². The molecule has 3 rings (SSSR count). The number of aromatic carboxylic acids is 1. The van der Waals surface area contributed by atoms with Crippen LogP contribution in [0.15, 0.2) is 48.7 Å². The fraction of sp³-hybridized carbons (Fsp3) is 0. The number of nitrogens with zero attached hydrogens (tertiary/aromatic N) is 1. The maximum Gasteiger partial charge on any atom is 0.335 e. The average molecular weight is 318 g/mol. The molecule has 3 aromatic rings. The Labute approximate surface area is 130 Å². The quantitative estimate of drug-likeness (QED) is 0.730. The third-order valence-electron chi connectivity index (χ3n) is 3.21. The van der Waals surface area contributed by atoms with Gasteiger partial charge in [0.1, 0.15) is 0 Å². The van der Waals surface area contributed by atoms with Crippen molar-refractivity contribution >= 4 is 39.9 Å². The molecular formula is C16H9Cl2NO2. The zero-order valence-electron chi connectivity index (χ0n) is 10.7. The van der Waals surface area contributed by atoms with Crippen LogP contribution in [-0.2, 0) is 0 Å². The summed E-state index contributed by atoms with van der Waals surface area (Å²) in [6.45, 7) is 0. The molecule has 0 saturated carbocycles. The number of carboxylic acid groups (broad SMARTS) is 1. The highest BCUT2D eigenvalue weighted by atomic mass is 35.5. The van der Waals surface area contributed by atoms with Gasteiger partial charge in [-0.1, -0.05) is 47.5 Å². The molecule has 2 aromatic carbocycles. The number of rotatable bonds is 2. The molecule has 5 heteroatoms. The molecule has 1 heterocycles. The van der Waals surface area contributed by atoms with E-state index in [1.54, 1.807) is 24.4 Å². The van der Waals surface area contributed by atoms with Crippen LogP contribution in [0.4, 0.5) is 0 Å². The van der Waals surface area contributed by atoms with Crippen molar-refractivity contribution in [3.8, 4) is 11.3 Å². The zero-order valence-corrected chi connectivity index (χ0v) is 12.2. The van der Waals surface area contributed by atoms with Gasteiger partial charge >= 0.3 is 5.97 Å². The molecule has 21 heavy (non-hydrogen) atoms. The Morgan fingerprint density at radius 2 is 1.76 bits per heavy atom. The molecule has 0 atom stereocenters. The van der Waals surface area contributed by atoms with E-state index in [4.69, 9.17) is 28.3 Å². The second kappa shape index (κ2) is 5.35. The van der Waals surface area contributed by atoms with Gasteiger partial charge in [0, 0.05) is 27.6 Å². The van der Waals surface area contributed by atoms with Crippen molar-refractivity contribution in [2.24, 2.45) is 0 Å². The lowest BCUT2D eigenvalue weighted by Crippen LogP contribution is -1.97. The third-order valence-corrected chi connectivity index (χ3v) is 3.85. The van der Waals surface area contributed by atoms with Gasteiger partial charge in [-0.25, -0.2) is 4.79 Å². The number of hydrogen-bond donors (Lipinski definition) is 1. The molecule has 0 unspecified atom stereocenters. The summed E-state index contributed by atoms with van der Waals surface area (Å²) >= 11 is 12.4. The van der Waals surface area contributed by atoms with Crippen LogP contribution < -0.4 is 0 Å². The molecule has 1 N–H and O–H groups in total. The summed E-state index contributed by atoms with van der Waals surface area (Å²) in [7, 11) is 0. The highest BCUT2D eigenvalue weighted by Crippen LogP contribution is 2.34. The Kier molecular flexibility index (Phi) is 3.53. The van der Waals surface area contributed by atoms with Crippen LogP contribution in [0.5, 0.6) is 0 Å². The lowest BCUT2D eigenvalue weighted by atomic mass is 10.0. The molecule has 0 aliphatic carbocycles. The van der Waals surface area contributed by atoms with Crippen molar-refractivity contribution in [3.63, 3.8) is 0 Å². The fourth-order valence-electron chi connectivity index (χ4n) is 2.21. The van der Waals surface area contributed by atoms with Crippen LogP contribution in [-0.4, -0.2) is 16.1 Å². The van der Waals surface area contributed by atoms with E-state index in [-0.39, 0.29) is 5.56 Å². The molecule has 0 fully saturated rings. The third kappa shape index (κ3) is 2.46. The predicted octanol–water partition coefficient (Wildman–Crippen LogP) is 4.91. The lowest BCUT2D eigenvalue weighted by molar-refractivity contribution is 0.0697. The molecule has 0 radical (unpaired) electrons. The first-order chi connectivity index (χ1) is 10.1. The monoisotopic (exact) mass is 317 g/mol. The largest absolute Gasteiger partial charge is 0.478 e.